The van der Waals surface area contributed by atoms with Crippen LogP contribution in [0.1, 0.15) is 36.6 Å². The molecule has 0 aliphatic rings. The summed E-state index contributed by atoms with van der Waals surface area (Å²) in [6.45, 7) is 5.00. The molecule has 0 radical (unpaired) electrons. The van der Waals surface area contributed by atoms with Gasteiger partial charge in [-0.3, -0.25) is 15.1 Å². The molecule has 47 heavy (non-hydrogen) atoms. The Bertz CT molecular complexity index is 1800. The number of nitrogens with zero attached hydrogens (tertiary/aromatic N) is 3. The standard InChI is InChI=1S/C36H40N6O5/c1-4-5-8-27-21-34(42(41-27)28-13-11-25(2)12-14-28)40-36(44)39-31-15-16-33(30-10-7-6-9-29(30)31)47-23-26-17-18-37-22-32(26)38-35(43)24-46-20-19-45-3/h6-7,9-18,21-22H,4-5,8,19-20,23-24H2,1-3H3,(H,38,43)(H2,39,40,44). The number of fused-ring (bicyclic) bond motifs is 1. The molecule has 0 spiro atoms. The van der Waals surface area contributed by atoms with E-state index in [-0.39, 0.29) is 25.2 Å². The number of anilines is 3. The molecule has 3 aromatic carbocycles. The predicted molar refractivity (Wildman–Crippen MR) is 183 cm³/mol. The summed E-state index contributed by atoms with van der Waals surface area (Å²) in [5.74, 6) is 0.915. The smallest absolute Gasteiger partial charge is 0.324 e. The van der Waals surface area contributed by atoms with Gasteiger partial charge in [-0.05, 0) is 50.1 Å². The van der Waals surface area contributed by atoms with Crippen LogP contribution >= 0.6 is 0 Å². The minimum Gasteiger partial charge on any atom is -0.488 e. The second-order valence-electron chi connectivity index (χ2n) is 11.0. The van der Waals surface area contributed by atoms with E-state index >= 15 is 0 Å². The highest BCUT2D eigenvalue weighted by molar-refractivity contribution is 6.07. The normalized spacial score (nSPS) is 11.0. The predicted octanol–water partition coefficient (Wildman–Crippen LogP) is 6.90. The van der Waals surface area contributed by atoms with Crippen molar-refractivity contribution in [3.63, 3.8) is 0 Å². The largest absolute Gasteiger partial charge is 0.488 e. The van der Waals surface area contributed by atoms with Crippen LogP contribution in [0.15, 0.2) is 85.2 Å². The number of carbonyl (C=O) groups excluding carboxylic acids is 2. The molecule has 2 heterocycles. The molecule has 0 aliphatic heterocycles. The third kappa shape index (κ3) is 8.93. The Morgan fingerprint density at radius 1 is 0.894 bits per heavy atom. The number of aromatic nitrogens is 3. The number of benzene rings is 3. The number of unbranched alkanes of at least 4 members (excludes halogenated alkanes) is 1. The van der Waals surface area contributed by atoms with Gasteiger partial charge in [0, 0.05) is 35.7 Å². The van der Waals surface area contributed by atoms with Crippen LogP contribution in [-0.2, 0) is 27.3 Å². The summed E-state index contributed by atoms with van der Waals surface area (Å²) >= 11 is 0. The lowest BCUT2D eigenvalue weighted by molar-refractivity contribution is -0.121. The fourth-order valence-electron chi connectivity index (χ4n) is 4.97. The van der Waals surface area contributed by atoms with Crippen molar-refractivity contribution < 1.29 is 23.8 Å². The third-order valence-corrected chi connectivity index (χ3v) is 7.43. The fraction of sp³-hybridized carbons (Fsp3) is 0.278. The fourth-order valence-corrected chi connectivity index (χ4v) is 4.97. The number of urea groups is 1. The van der Waals surface area contributed by atoms with Gasteiger partial charge in [0.05, 0.1) is 42.2 Å². The van der Waals surface area contributed by atoms with Crippen LogP contribution in [0.25, 0.3) is 16.5 Å². The molecule has 3 N–H and O–H groups in total. The molecule has 2 aromatic heterocycles. The maximum atomic E-state index is 13.4. The molecule has 0 aliphatic carbocycles. The molecule has 0 unspecified atom stereocenters. The van der Waals surface area contributed by atoms with E-state index in [1.54, 1.807) is 30.3 Å². The van der Waals surface area contributed by atoms with Gasteiger partial charge in [-0.2, -0.15) is 5.10 Å². The van der Waals surface area contributed by atoms with Gasteiger partial charge in [-0.25, -0.2) is 9.48 Å². The molecule has 5 aromatic rings. The van der Waals surface area contributed by atoms with Gasteiger partial charge in [0.15, 0.2) is 0 Å². The van der Waals surface area contributed by atoms with Gasteiger partial charge in [-0.15, -0.1) is 0 Å². The first-order valence-corrected chi connectivity index (χ1v) is 15.6. The number of carbonyl (C=O) groups is 2. The first kappa shape index (κ1) is 33.1. The van der Waals surface area contributed by atoms with Crippen molar-refractivity contribution in [1.82, 2.24) is 14.8 Å². The first-order valence-electron chi connectivity index (χ1n) is 15.6. The molecule has 3 amide bonds. The van der Waals surface area contributed by atoms with E-state index in [9.17, 15) is 9.59 Å². The molecule has 0 saturated heterocycles. The number of ether oxygens (including phenoxy) is 3. The molecule has 0 bridgehead atoms. The maximum absolute atomic E-state index is 13.4. The van der Waals surface area contributed by atoms with Crippen LogP contribution in [0.4, 0.5) is 22.0 Å². The zero-order chi connectivity index (χ0) is 33.0. The third-order valence-electron chi connectivity index (χ3n) is 7.43. The first-order chi connectivity index (χ1) is 22.9. The van der Waals surface area contributed by atoms with Gasteiger partial charge in [-0.1, -0.05) is 55.3 Å². The van der Waals surface area contributed by atoms with E-state index in [1.165, 1.54) is 0 Å². The van der Waals surface area contributed by atoms with E-state index in [2.05, 4.69) is 27.9 Å². The highest BCUT2D eigenvalue weighted by Gasteiger charge is 2.15. The summed E-state index contributed by atoms with van der Waals surface area (Å²) < 4.78 is 18.3. The minimum atomic E-state index is -0.387. The zero-order valence-electron chi connectivity index (χ0n) is 26.9. The average Bonchev–Trinajstić information content (AvgIpc) is 3.48. The van der Waals surface area contributed by atoms with E-state index in [1.807, 2.05) is 73.7 Å². The van der Waals surface area contributed by atoms with Crippen molar-refractivity contribution >= 4 is 39.9 Å². The van der Waals surface area contributed by atoms with Crippen LogP contribution in [-0.4, -0.2) is 53.6 Å². The molecule has 11 nitrogen and oxygen atoms in total. The Hall–Kier alpha value is -5.26. The highest BCUT2D eigenvalue weighted by atomic mass is 16.5. The van der Waals surface area contributed by atoms with Crippen LogP contribution in [0.2, 0.25) is 0 Å². The lowest BCUT2D eigenvalue weighted by Gasteiger charge is -2.15. The highest BCUT2D eigenvalue weighted by Crippen LogP contribution is 2.33. The average molecular weight is 637 g/mol. The maximum Gasteiger partial charge on any atom is 0.324 e. The van der Waals surface area contributed by atoms with Crippen molar-refractivity contribution in [3.05, 3.63) is 102 Å². The van der Waals surface area contributed by atoms with Crippen LogP contribution < -0.4 is 20.7 Å². The number of pyridine rings is 1. The Labute approximate surface area is 274 Å². The Balaban J connectivity index is 1.29. The number of rotatable bonds is 15. The molecule has 0 atom stereocenters. The van der Waals surface area contributed by atoms with Crippen molar-refractivity contribution in [2.75, 3.05) is 42.9 Å². The SMILES string of the molecule is CCCCc1cc(NC(=O)Nc2ccc(OCc3ccncc3NC(=O)COCCOC)c3ccccc23)n(-c2ccc(C)cc2)n1. The molecule has 0 fully saturated rings. The number of hydrogen-bond acceptors (Lipinski definition) is 7. The van der Waals surface area contributed by atoms with Crippen molar-refractivity contribution in [2.45, 2.75) is 39.7 Å². The summed E-state index contributed by atoms with van der Waals surface area (Å²) in [6, 6.07) is 22.7. The van der Waals surface area contributed by atoms with Gasteiger partial charge >= 0.3 is 6.03 Å². The van der Waals surface area contributed by atoms with Crippen LogP contribution in [0, 0.1) is 6.92 Å². The van der Waals surface area contributed by atoms with Gasteiger partial charge in [0.25, 0.3) is 0 Å². The quantitative estimate of drug-likeness (QED) is 0.107. The van der Waals surface area contributed by atoms with Crippen molar-refractivity contribution in [1.29, 1.82) is 0 Å². The summed E-state index contributed by atoms with van der Waals surface area (Å²) in [6.07, 6.45) is 6.11. The van der Waals surface area contributed by atoms with Gasteiger partial charge in [0.1, 0.15) is 24.8 Å². The molecular formula is C36H40N6O5. The topological polar surface area (TPSA) is 129 Å². The molecule has 0 saturated carbocycles. The summed E-state index contributed by atoms with van der Waals surface area (Å²) in [4.78, 5) is 29.9. The monoisotopic (exact) mass is 636 g/mol. The molecule has 11 heteroatoms. The Morgan fingerprint density at radius 2 is 1.70 bits per heavy atom. The number of amides is 3. The van der Waals surface area contributed by atoms with Crippen LogP contribution in [0.3, 0.4) is 0 Å². The zero-order valence-corrected chi connectivity index (χ0v) is 26.9. The summed E-state index contributed by atoms with van der Waals surface area (Å²) in [5, 5.41) is 15.2. The van der Waals surface area contributed by atoms with Crippen LogP contribution in [0.5, 0.6) is 5.75 Å². The van der Waals surface area contributed by atoms with E-state index in [0.29, 0.717) is 36.2 Å². The Morgan fingerprint density at radius 3 is 2.49 bits per heavy atom. The number of hydrogen-bond donors (Lipinski definition) is 3. The molecule has 244 valence electrons. The molecular weight excluding hydrogens is 596 g/mol. The van der Waals surface area contributed by atoms with Gasteiger partial charge < -0.3 is 24.8 Å². The summed E-state index contributed by atoms with van der Waals surface area (Å²) in [5.41, 5.74) is 4.85. The minimum absolute atomic E-state index is 0.0977. The number of aryl methyl sites for hydroxylation is 2. The van der Waals surface area contributed by atoms with Gasteiger partial charge in [0.2, 0.25) is 5.91 Å². The molecule has 5 rings (SSSR count). The second kappa shape index (κ2) is 16.3. The lowest BCUT2D eigenvalue weighted by atomic mass is 10.1. The van der Waals surface area contributed by atoms with E-state index < -0.39 is 0 Å². The van der Waals surface area contributed by atoms with E-state index in [4.69, 9.17) is 19.3 Å². The summed E-state index contributed by atoms with van der Waals surface area (Å²) in [7, 11) is 1.57. The number of nitrogens with one attached hydrogen (secondary N) is 3. The lowest BCUT2D eigenvalue weighted by Crippen LogP contribution is -2.21. The van der Waals surface area contributed by atoms with Crippen molar-refractivity contribution in [3.8, 4) is 11.4 Å². The number of methoxy groups -OCH3 is 1. The second-order valence-corrected chi connectivity index (χ2v) is 11.0. The van der Waals surface area contributed by atoms with E-state index in [0.717, 1.165) is 52.5 Å². The Kier molecular flexibility index (Phi) is 11.5. The van der Waals surface area contributed by atoms with Crippen molar-refractivity contribution in [2.24, 2.45) is 0 Å².